The standard InChI is InChI=1S/C12H8N6O/c19-12-16-10-11(14-4-3-13-10)18(12)8-2-1-7-6-15-17-9(7)5-8/h1-6H,(H,15,17)(H,13,16,19). The number of hydrogen-bond acceptors (Lipinski definition) is 4. The van der Waals surface area contributed by atoms with E-state index in [9.17, 15) is 4.79 Å². The number of aromatic nitrogens is 6. The lowest BCUT2D eigenvalue weighted by atomic mass is 10.2. The highest BCUT2D eigenvalue weighted by Gasteiger charge is 2.10. The molecular weight excluding hydrogens is 244 g/mol. The molecule has 4 rings (SSSR count). The van der Waals surface area contributed by atoms with Crippen molar-refractivity contribution < 1.29 is 0 Å². The van der Waals surface area contributed by atoms with E-state index in [4.69, 9.17) is 0 Å². The molecule has 0 bridgehead atoms. The summed E-state index contributed by atoms with van der Waals surface area (Å²) >= 11 is 0. The van der Waals surface area contributed by atoms with Crippen LogP contribution in [0, 0.1) is 0 Å². The maximum Gasteiger partial charge on any atom is 0.333 e. The van der Waals surface area contributed by atoms with Crippen LogP contribution in [0.1, 0.15) is 0 Å². The molecule has 0 aliphatic rings. The second-order valence-corrected chi connectivity index (χ2v) is 4.14. The topological polar surface area (TPSA) is 92.2 Å². The van der Waals surface area contributed by atoms with Crippen LogP contribution in [-0.2, 0) is 0 Å². The van der Waals surface area contributed by atoms with Gasteiger partial charge in [0.15, 0.2) is 11.3 Å². The van der Waals surface area contributed by atoms with Gasteiger partial charge in [0, 0.05) is 17.8 Å². The van der Waals surface area contributed by atoms with E-state index in [0.717, 1.165) is 10.9 Å². The number of aromatic amines is 2. The molecule has 1 aromatic carbocycles. The van der Waals surface area contributed by atoms with E-state index in [1.54, 1.807) is 18.6 Å². The van der Waals surface area contributed by atoms with E-state index in [0.29, 0.717) is 17.0 Å². The first-order chi connectivity index (χ1) is 9.33. The van der Waals surface area contributed by atoms with E-state index in [2.05, 4.69) is 25.1 Å². The van der Waals surface area contributed by atoms with Crippen LogP contribution >= 0.6 is 0 Å². The van der Waals surface area contributed by atoms with Crippen LogP contribution in [0.5, 0.6) is 0 Å². The smallest absolute Gasteiger partial charge is 0.288 e. The summed E-state index contributed by atoms with van der Waals surface area (Å²) in [7, 11) is 0. The zero-order valence-corrected chi connectivity index (χ0v) is 9.66. The fourth-order valence-electron chi connectivity index (χ4n) is 2.14. The summed E-state index contributed by atoms with van der Waals surface area (Å²) in [6.45, 7) is 0. The summed E-state index contributed by atoms with van der Waals surface area (Å²) in [4.78, 5) is 23.0. The molecule has 3 heterocycles. The first-order valence-corrected chi connectivity index (χ1v) is 5.68. The molecule has 3 aromatic heterocycles. The summed E-state index contributed by atoms with van der Waals surface area (Å²) in [6, 6.07) is 5.60. The third-order valence-corrected chi connectivity index (χ3v) is 3.00. The molecule has 4 aromatic rings. The molecule has 2 N–H and O–H groups in total. The molecule has 0 saturated carbocycles. The van der Waals surface area contributed by atoms with Crippen LogP contribution in [0.3, 0.4) is 0 Å². The Morgan fingerprint density at radius 2 is 2.05 bits per heavy atom. The normalized spacial score (nSPS) is 11.4. The Bertz CT molecular complexity index is 947. The van der Waals surface area contributed by atoms with Gasteiger partial charge in [-0.05, 0) is 18.2 Å². The van der Waals surface area contributed by atoms with E-state index in [-0.39, 0.29) is 5.69 Å². The molecule has 0 radical (unpaired) electrons. The van der Waals surface area contributed by atoms with Crippen LogP contribution in [-0.4, -0.2) is 29.7 Å². The fraction of sp³-hybridized carbons (Fsp3) is 0. The lowest BCUT2D eigenvalue weighted by Gasteiger charge is -2.01. The van der Waals surface area contributed by atoms with Crippen molar-refractivity contribution in [3.05, 3.63) is 47.3 Å². The molecule has 7 heteroatoms. The van der Waals surface area contributed by atoms with Crippen molar-refractivity contribution in [2.24, 2.45) is 0 Å². The Kier molecular flexibility index (Phi) is 1.85. The lowest BCUT2D eigenvalue weighted by molar-refractivity contribution is 1.00. The molecule has 0 amide bonds. The second-order valence-electron chi connectivity index (χ2n) is 4.14. The third kappa shape index (κ3) is 1.38. The molecule has 0 aliphatic carbocycles. The van der Waals surface area contributed by atoms with E-state index in [1.165, 1.54) is 4.57 Å². The number of hydrogen-bond donors (Lipinski definition) is 2. The summed E-state index contributed by atoms with van der Waals surface area (Å²) in [5, 5.41) is 7.83. The molecule has 92 valence electrons. The molecule has 0 atom stereocenters. The van der Waals surface area contributed by atoms with Gasteiger partial charge < -0.3 is 0 Å². The minimum absolute atomic E-state index is 0.264. The molecule has 0 saturated heterocycles. The van der Waals surface area contributed by atoms with Crippen LogP contribution in [0.4, 0.5) is 0 Å². The van der Waals surface area contributed by atoms with Crippen molar-refractivity contribution in [2.45, 2.75) is 0 Å². The molecular formula is C12H8N6O. The Labute approximate surface area is 105 Å². The van der Waals surface area contributed by atoms with Crippen molar-refractivity contribution >= 4 is 22.2 Å². The second kappa shape index (κ2) is 3.52. The van der Waals surface area contributed by atoms with Crippen molar-refractivity contribution in [1.29, 1.82) is 0 Å². The minimum Gasteiger partial charge on any atom is -0.288 e. The summed E-state index contributed by atoms with van der Waals surface area (Å²) < 4.78 is 1.49. The predicted octanol–water partition coefficient (Wildman–Crippen LogP) is 0.985. The van der Waals surface area contributed by atoms with Crippen LogP contribution in [0.2, 0.25) is 0 Å². The molecule has 0 unspecified atom stereocenters. The van der Waals surface area contributed by atoms with Gasteiger partial charge in [0.1, 0.15) is 0 Å². The van der Waals surface area contributed by atoms with Gasteiger partial charge in [0.05, 0.1) is 17.4 Å². The van der Waals surface area contributed by atoms with Gasteiger partial charge in [-0.2, -0.15) is 5.10 Å². The average molecular weight is 252 g/mol. The minimum atomic E-state index is -0.264. The Morgan fingerprint density at radius 3 is 3.00 bits per heavy atom. The van der Waals surface area contributed by atoms with Gasteiger partial charge in [-0.1, -0.05) is 0 Å². The quantitative estimate of drug-likeness (QED) is 0.528. The number of imidazole rings is 1. The third-order valence-electron chi connectivity index (χ3n) is 3.00. The number of fused-ring (bicyclic) bond motifs is 2. The first-order valence-electron chi connectivity index (χ1n) is 5.68. The zero-order chi connectivity index (χ0) is 12.8. The largest absolute Gasteiger partial charge is 0.333 e. The highest BCUT2D eigenvalue weighted by molar-refractivity contribution is 5.81. The Hall–Kier alpha value is -2.96. The number of nitrogens with one attached hydrogen (secondary N) is 2. The van der Waals surface area contributed by atoms with E-state index < -0.39 is 0 Å². The van der Waals surface area contributed by atoms with Crippen LogP contribution < -0.4 is 5.69 Å². The fourth-order valence-corrected chi connectivity index (χ4v) is 2.14. The number of nitrogens with zero attached hydrogens (tertiary/aromatic N) is 4. The SMILES string of the molecule is O=c1[nH]c2nccnc2n1-c1ccc2cn[nH]c2c1. The maximum absolute atomic E-state index is 12.0. The van der Waals surface area contributed by atoms with Gasteiger partial charge in [-0.3, -0.25) is 10.1 Å². The molecule has 19 heavy (non-hydrogen) atoms. The number of benzene rings is 1. The zero-order valence-electron chi connectivity index (χ0n) is 9.66. The number of H-pyrrole nitrogens is 2. The lowest BCUT2D eigenvalue weighted by Crippen LogP contribution is -2.14. The molecule has 7 nitrogen and oxygen atoms in total. The van der Waals surface area contributed by atoms with Gasteiger partial charge in [-0.15, -0.1) is 0 Å². The van der Waals surface area contributed by atoms with Gasteiger partial charge in [0.2, 0.25) is 0 Å². The van der Waals surface area contributed by atoms with E-state index in [1.807, 2.05) is 18.2 Å². The predicted molar refractivity (Wildman–Crippen MR) is 69.1 cm³/mol. The van der Waals surface area contributed by atoms with Crippen molar-refractivity contribution in [3.63, 3.8) is 0 Å². The Morgan fingerprint density at radius 1 is 1.16 bits per heavy atom. The highest BCUT2D eigenvalue weighted by atomic mass is 16.1. The number of rotatable bonds is 1. The van der Waals surface area contributed by atoms with Gasteiger partial charge >= 0.3 is 5.69 Å². The Balaban J connectivity index is 2.08. The average Bonchev–Trinajstić information content (AvgIpc) is 3.00. The van der Waals surface area contributed by atoms with Crippen LogP contribution in [0.15, 0.2) is 41.6 Å². The maximum atomic E-state index is 12.0. The van der Waals surface area contributed by atoms with Crippen molar-refractivity contribution in [1.82, 2.24) is 29.7 Å². The van der Waals surface area contributed by atoms with Gasteiger partial charge in [0.25, 0.3) is 0 Å². The van der Waals surface area contributed by atoms with Crippen LogP contribution in [0.25, 0.3) is 27.9 Å². The van der Waals surface area contributed by atoms with Crippen molar-refractivity contribution in [3.8, 4) is 5.69 Å². The summed E-state index contributed by atoms with van der Waals surface area (Å²) in [5.41, 5.74) is 2.29. The summed E-state index contributed by atoms with van der Waals surface area (Å²) in [6.07, 6.45) is 4.83. The first kappa shape index (κ1) is 10.0. The highest BCUT2D eigenvalue weighted by Crippen LogP contribution is 2.17. The molecule has 0 aliphatic heterocycles. The molecule has 0 fully saturated rings. The van der Waals surface area contributed by atoms with E-state index >= 15 is 0 Å². The monoisotopic (exact) mass is 252 g/mol. The summed E-state index contributed by atoms with van der Waals surface area (Å²) in [5.74, 6) is 0. The van der Waals surface area contributed by atoms with Crippen molar-refractivity contribution in [2.75, 3.05) is 0 Å². The van der Waals surface area contributed by atoms with Gasteiger partial charge in [-0.25, -0.2) is 19.3 Å². The molecule has 0 spiro atoms.